The third-order valence-corrected chi connectivity index (χ3v) is 4.70. The molecule has 1 aromatic carbocycles. The van der Waals surface area contributed by atoms with Gasteiger partial charge in [-0.25, -0.2) is 9.97 Å². The zero-order valence-corrected chi connectivity index (χ0v) is 14.9. The second-order valence-corrected chi connectivity index (χ2v) is 6.64. The van der Waals surface area contributed by atoms with E-state index in [1.165, 1.54) is 0 Å². The zero-order valence-electron chi connectivity index (χ0n) is 14.9. The van der Waals surface area contributed by atoms with E-state index >= 15 is 0 Å². The number of hydrogen-bond acceptors (Lipinski definition) is 4. The molecule has 2 amide bonds. The number of nitrogens with one attached hydrogen (secondary N) is 1. The number of nitrogens with zero attached hydrogens (tertiary/aromatic N) is 3. The number of piperidine rings is 1. The van der Waals surface area contributed by atoms with Crippen LogP contribution in [0.25, 0.3) is 11.0 Å². The first-order valence-electron chi connectivity index (χ1n) is 8.57. The first kappa shape index (κ1) is 19.1. The standard InChI is InChI=1S/C18H19F3N4O2/c1-10-11(2)23-15-9-12(3-4-14(15)22-10)16(26)25-7-5-13(6-8-25)24-17(27)18(19,20)21/h3-4,9,13H,5-8H2,1-2H3,(H,24,27). The van der Waals surface area contributed by atoms with Crippen LogP contribution in [0.15, 0.2) is 18.2 Å². The van der Waals surface area contributed by atoms with Crippen molar-refractivity contribution in [3.8, 4) is 0 Å². The number of aryl methyl sites for hydroxylation is 2. The van der Waals surface area contributed by atoms with Crippen LogP contribution in [0.3, 0.4) is 0 Å². The van der Waals surface area contributed by atoms with Crippen LogP contribution in [0, 0.1) is 13.8 Å². The summed E-state index contributed by atoms with van der Waals surface area (Å²) in [4.78, 5) is 34.2. The summed E-state index contributed by atoms with van der Waals surface area (Å²) in [6, 6.07) is 4.50. The van der Waals surface area contributed by atoms with Crippen molar-refractivity contribution in [2.75, 3.05) is 13.1 Å². The predicted octanol–water partition coefficient (Wildman–Crippen LogP) is 2.53. The lowest BCUT2D eigenvalue weighted by Gasteiger charge is -2.32. The summed E-state index contributed by atoms with van der Waals surface area (Å²) in [5.41, 5.74) is 3.38. The van der Waals surface area contributed by atoms with Gasteiger partial charge >= 0.3 is 12.1 Å². The second kappa shape index (κ2) is 7.13. The molecule has 0 unspecified atom stereocenters. The monoisotopic (exact) mass is 380 g/mol. The molecule has 3 rings (SSSR count). The molecule has 1 fully saturated rings. The van der Waals surface area contributed by atoms with Crippen molar-refractivity contribution in [3.05, 3.63) is 35.2 Å². The Labute approximate surface area is 153 Å². The molecule has 6 nitrogen and oxygen atoms in total. The lowest BCUT2D eigenvalue weighted by molar-refractivity contribution is -0.174. The van der Waals surface area contributed by atoms with E-state index in [9.17, 15) is 22.8 Å². The lowest BCUT2D eigenvalue weighted by atomic mass is 10.0. The van der Waals surface area contributed by atoms with Crippen molar-refractivity contribution >= 4 is 22.8 Å². The molecule has 1 saturated heterocycles. The lowest BCUT2D eigenvalue weighted by Crippen LogP contribution is -2.49. The van der Waals surface area contributed by atoms with E-state index in [0.29, 0.717) is 16.6 Å². The summed E-state index contributed by atoms with van der Waals surface area (Å²) >= 11 is 0. The van der Waals surface area contributed by atoms with Gasteiger partial charge in [-0.15, -0.1) is 0 Å². The third kappa shape index (κ3) is 4.17. The average molecular weight is 380 g/mol. The normalized spacial score (nSPS) is 15.8. The molecule has 0 saturated carbocycles. The van der Waals surface area contributed by atoms with E-state index in [4.69, 9.17) is 0 Å². The van der Waals surface area contributed by atoms with E-state index in [1.54, 1.807) is 23.1 Å². The number of benzene rings is 1. The summed E-state index contributed by atoms with van der Waals surface area (Å²) in [5, 5.41) is 1.97. The fourth-order valence-corrected chi connectivity index (χ4v) is 3.04. The Bertz CT molecular complexity index is 890. The Morgan fingerprint density at radius 2 is 1.67 bits per heavy atom. The summed E-state index contributed by atoms with van der Waals surface area (Å²) in [7, 11) is 0. The van der Waals surface area contributed by atoms with Crippen LogP contribution >= 0.6 is 0 Å². The SMILES string of the molecule is Cc1nc2ccc(C(=O)N3CCC(NC(=O)C(F)(F)F)CC3)cc2nc1C. The summed E-state index contributed by atoms with van der Waals surface area (Å²) < 4.78 is 37.0. The van der Waals surface area contributed by atoms with Gasteiger partial charge in [0.25, 0.3) is 5.91 Å². The predicted molar refractivity (Wildman–Crippen MR) is 92.1 cm³/mol. The molecular weight excluding hydrogens is 361 g/mol. The van der Waals surface area contributed by atoms with Crippen LogP contribution in [-0.2, 0) is 4.79 Å². The van der Waals surface area contributed by atoms with Gasteiger partial charge in [-0.05, 0) is 44.9 Å². The molecule has 1 N–H and O–H groups in total. The van der Waals surface area contributed by atoms with Gasteiger partial charge in [-0.3, -0.25) is 9.59 Å². The molecule has 2 aromatic rings. The average Bonchev–Trinajstić information content (AvgIpc) is 2.61. The molecule has 0 radical (unpaired) electrons. The quantitative estimate of drug-likeness (QED) is 0.869. The minimum absolute atomic E-state index is 0.211. The molecule has 1 aromatic heterocycles. The van der Waals surface area contributed by atoms with E-state index < -0.39 is 18.1 Å². The number of carbonyl (C=O) groups excluding carboxylic acids is 2. The maximum Gasteiger partial charge on any atom is 0.471 e. The minimum atomic E-state index is -4.89. The Morgan fingerprint density at radius 3 is 2.26 bits per heavy atom. The number of likely N-dealkylation sites (tertiary alicyclic amines) is 1. The molecule has 2 heterocycles. The Hall–Kier alpha value is -2.71. The molecule has 0 aliphatic carbocycles. The highest BCUT2D eigenvalue weighted by Crippen LogP contribution is 2.20. The molecule has 0 bridgehead atoms. The van der Waals surface area contributed by atoms with Crippen molar-refractivity contribution in [3.63, 3.8) is 0 Å². The van der Waals surface area contributed by atoms with Gasteiger partial charge in [0.15, 0.2) is 0 Å². The number of halogens is 3. The van der Waals surface area contributed by atoms with Gasteiger partial charge in [0.1, 0.15) is 0 Å². The van der Waals surface area contributed by atoms with E-state index in [2.05, 4.69) is 9.97 Å². The van der Waals surface area contributed by atoms with Crippen molar-refractivity contribution in [1.29, 1.82) is 0 Å². The third-order valence-electron chi connectivity index (χ3n) is 4.70. The van der Waals surface area contributed by atoms with Crippen LogP contribution in [-0.4, -0.2) is 52.0 Å². The van der Waals surface area contributed by atoms with Crippen LogP contribution in [0.4, 0.5) is 13.2 Å². The largest absolute Gasteiger partial charge is 0.471 e. The van der Waals surface area contributed by atoms with Crippen LogP contribution in [0.1, 0.15) is 34.6 Å². The fraction of sp³-hybridized carbons (Fsp3) is 0.444. The Balaban J connectivity index is 1.66. The number of hydrogen-bond donors (Lipinski definition) is 1. The van der Waals surface area contributed by atoms with Crippen LogP contribution in [0.5, 0.6) is 0 Å². The first-order valence-corrected chi connectivity index (χ1v) is 8.57. The summed E-state index contributed by atoms with van der Waals surface area (Å²) in [5.74, 6) is -2.15. The molecule has 144 valence electrons. The van der Waals surface area contributed by atoms with E-state index in [-0.39, 0.29) is 31.8 Å². The number of fused-ring (bicyclic) bond motifs is 1. The molecular formula is C18H19F3N4O2. The van der Waals surface area contributed by atoms with E-state index in [0.717, 1.165) is 11.4 Å². The van der Waals surface area contributed by atoms with Crippen molar-refractivity contribution in [1.82, 2.24) is 20.2 Å². The zero-order chi connectivity index (χ0) is 19.8. The minimum Gasteiger partial charge on any atom is -0.345 e. The molecule has 0 atom stereocenters. The second-order valence-electron chi connectivity index (χ2n) is 6.64. The maximum absolute atomic E-state index is 12.7. The molecule has 1 aliphatic rings. The van der Waals surface area contributed by atoms with Gasteiger partial charge < -0.3 is 10.2 Å². The number of carbonyl (C=O) groups is 2. The highest BCUT2D eigenvalue weighted by Gasteiger charge is 2.40. The van der Waals surface area contributed by atoms with Gasteiger partial charge in [0.2, 0.25) is 0 Å². The van der Waals surface area contributed by atoms with Gasteiger partial charge in [-0.2, -0.15) is 13.2 Å². The van der Waals surface area contributed by atoms with Crippen LogP contribution < -0.4 is 5.32 Å². The van der Waals surface area contributed by atoms with Gasteiger partial charge in [0.05, 0.1) is 22.4 Å². The topological polar surface area (TPSA) is 75.2 Å². The number of amides is 2. The Morgan fingerprint density at radius 1 is 1.07 bits per heavy atom. The fourth-order valence-electron chi connectivity index (χ4n) is 3.04. The molecule has 9 heteroatoms. The first-order chi connectivity index (χ1) is 12.6. The number of alkyl halides is 3. The van der Waals surface area contributed by atoms with Gasteiger partial charge in [-0.1, -0.05) is 0 Å². The Kier molecular flexibility index (Phi) is 5.03. The maximum atomic E-state index is 12.7. The highest BCUT2D eigenvalue weighted by atomic mass is 19.4. The molecule has 0 spiro atoms. The number of aromatic nitrogens is 2. The molecule has 1 aliphatic heterocycles. The van der Waals surface area contributed by atoms with E-state index in [1.807, 2.05) is 19.2 Å². The van der Waals surface area contributed by atoms with Crippen molar-refractivity contribution in [2.24, 2.45) is 0 Å². The van der Waals surface area contributed by atoms with Crippen molar-refractivity contribution < 1.29 is 22.8 Å². The van der Waals surface area contributed by atoms with Gasteiger partial charge in [0, 0.05) is 24.7 Å². The molecule has 27 heavy (non-hydrogen) atoms. The summed E-state index contributed by atoms with van der Waals surface area (Å²) in [6.07, 6.45) is -4.34. The number of rotatable bonds is 2. The highest BCUT2D eigenvalue weighted by molar-refractivity contribution is 5.97. The summed E-state index contributed by atoms with van der Waals surface area (Å²) in [6.45, 7) is 4.26. The van der Waals surface area contributed by atoms with Crippen LogP contribution in [0.2, 0.25) is 0 Å². The van der Waals surface area contributed by atoms with Crippen molar-refractivity contribution in [2.45, 2.75) is 38.9 Å². The smallest absolute Gasteiger partial charge is 0.345 e.